The zero-order valence-electron chi connectivity index (χ0n) is 13.3. The molecule has 5 heteroatoms. The van der Waals surface area contributed by atoms with E-state index in [-0.39, 0.29) is 17.3 Å². The van der Waals surface area contributed by atoms with Gasteiger partial charge in [-0.15, -0.1) is 0 Å². The molecular weight excluding hydrogens is 334 g/mol. The van der Waals surface area contributed by atoms with Gasteiger partial charge in [0.1, 0.15) is 5.75 Å². The van der Waals surface area contributed by atoms with Crippen LogP contribution in [0.4, 0.5) is 0 Å². The number of nitrogens with zero attached hydrogens (tertiary/aromatic N) is 1. The largest absolute Gasteiger partial charge is 0.426 e. The third-order valence-electron chi connectivity index (χ3n) is 4.07. The average Bonchev–Trinajstić information content (AvgIpc) is 2.95. The molecule has 0 unspecified atom stereocenters. The van der Waals surface area contributed by atoms with Crippen molar-refractivity contribution in [1.82, 2.24) is 4.57 Å². The van der Waals surface area contributed by atoms with Crippen LogP contribution < -0.4 is 9.61 Å². The molecule has 0 aliphatic heterocycles. The van der Waals surface area contributed by atoms with Crippen molar-refractivity contribution in [3.05, 3.63) is 76.4 Å². The van der Waals surface area contributed by atoms with Crippen LogP contribution >= 0.6 is 11.3 Å². The molecule has 0 atom stereocenters. The summed E-state index contributed by atoms with van der Waals surface area (Å²) in [5.74, 6) is 0.170. The Balaban J connectivity index is 1.48. The van der Waals surface area contributed by atoms with Gasteiger partial charge in [0.05, 0.1) is 16.6 Å². The highest BCUT2D eigenvalue weighted by atomic mass is 32.1. The number of benzene rings is 3. The fourth-order valence-corrected chi connectivity index (χ4v) is 3.76. The number of esters is 1. The lowest BCUT2D eigenvalue weighted by atomic mass is 10.1. The number of carbonyl (C=O) groups is 1. The topological polar surface area (TPSA) is 48.3 Å². The molecule has 4 rings (SSSR count). The van der Waals surface area contributed by atoms with Gasteiger partial charge in [0.15, 0.2) is 0 Å². The van der Waals surface area contributed by atoms with Crippen molar-refractivity contribution in [2.24, 2.45) is 0 Å². The number of thiazole rings is 1. The molecule has 0 spiro atoms. The van der Waals surface area contributed by atoms with Gasteiger partial charge in [0, 0.05) is 6.54 Å². The number of aromatic nitrogens is 1. The highest BCUT2D eigenvalue weighted by Crippen LogP contribution is 2.21. The smallest absolute Gasteiger partial charge is 0.312 e. The van der Waals surface area contributed by atoms with E-state index in [0.29, 0.717) is 12.3 Å². The molecule has 3 aromatic carbocycles. The summed E-state index contributed by atoms with van der Waals surface area (Å²) in [6, 6.07) is 21.0. The van der Waals surface area contributed by atoms with E-state index in [1.165, 1.54) is 11.3 Å². The van der Waals surface area contributed by atoms with Gasteiger partial charge in [0.2, 0.25) is 0 Å². The number of ether oxygens (including phenoxy) is 1. The summed E-state index contributed by atoms with van der Waals surface area (Å²) in [5.41, 5.74) is 0.857. The SMILES string of the molecule is O=C(CCn1c(=O)sc2ccccc21)Oc1ccc2ccccc2c1. The molecule has 0 radical (unpaired) electrons. The number of fused-ring (bicyclic) bond motifs is 2. The summed E-state index contributed by atoms with van der Waals surface area (Å²) in [7, 11) is 0. The summed E-state index contributed by atoms with van der Waals surface area (Å²) >= 11 is 1.19. The summed E-state index contributed by atoms with van der Waals surface area (Å²) < 4.78 is 7.97. The molecule has 0 bridgehead atoms. The van der Waals surface area contributed by atoms with Crippen LogP contribution in [0.15, 0.2) is 71.5 Å². The molecule has 0 amide bonds. The van der Waals surface area contributed by atoms with Crippen molar-refractivity contribution >= 4 is 38.3 Å². The number of para-hydroxylation sites is 1. The van der Waals surface area contributed by atoms with Crippen molar-refractivity contribution in [3.8, 4) is 5.75 Å². The zero-order valence-corrected chi connectivity index (χ0v) is 14.2. The Labute approximate surface area is 147 Å². The van der Waals surface area contributed by atoms with E-state index in [9.17, 15) is 9.59 Å². The zero-order chi connectivity index (χ0) is 17.2. The number of aryl methyl sites for hydroxylation is 1. The summed E-state index contributed by atoms with van der Waals surface area (Å²) in [6.45, 7) is 0.315. The molecule has 1 heterocycles. The molecule has 4 nitrogen and oxygen atoms in total. The van der Waals surface area contributed by atoms with Gasteiger partial charge < -0.3 is 4.74 Å². The summed E-state index contributed by atoms with van der Waals surface area (Å²) in [4.78, 5) is 24.2. The standard InChI is InChI=1S/C20H15NO3S/c22-19(24-16-10-9-14-5-1-2-6-15(14)13-16)11-12-21-17-7-3-4-8-18(17)25-20(21)23/h1-10,13H,11-12H2. The molecule has 124 valence electrons. The quantitative estimate of drug-likeness (QED) is 0.409. The first kappa shape index (κ1) is 15.6. The predicted molar refractivity (Wildman–Crippen MR) is 100 cm³/mol. The maximum Gasteiger partial charge on any atom is 0.312 e. The number of carbonyl (C=O) groups excluding carboxylic acids is 1. The Hall–Kier alpha value is -2.92. The van der Waals surface area contributed by atoms with Crippen molar-refractivity contribution in [2.75, 3.05) is 0 Å². The lowest BCUT2D eigenvalue weighted by molar-refractivity contribution is -0.134. The minimum Gasteiger partial charge on any atom is -0.426 e. The molecule has 1 aromatic heterocycles. The Morgan fingerprint density at radius 2 is 1.72 bits per heavy atom. The van der Waals surface area contributed by atoms with Gasteiger partial charge in [-0.2, -0.15) is 0 Å². The second-order valence-corrected chi connectivity index (χ2v) is 6.71. The molecule has 0 aliphatic rings. The molecule has 0 saturated heterocycles. The van der Waals surface area contributed by atoms with Crippen LogP contribution in [0, 0.1) is 0 Å². The highest BCUT2D eigenvalue weighted by Gasteiger charge is 2.10. The van der Waals surface area contributed by atoms with E-state index in [4.69, 9.17) is 4.74 Å². The van der Waals surface area contributed by atoms with E-state index in [1.807, 2.05) is 60.7 Å². The van der Waals surface area contributed by atoms with E-state index >= 15 is 0 Å². The third kappa shape index (κ3) is 3.19. The second-order valence-electron chi connectivity index (χ2n) is 5.72. The average molecular weight is 349 g/mol. The third-order valence-corrected chi connectivity index (χ3v) is 5.03. The molecule has 25 heavy (non-hydrogen) atoms. The highest BCUT2D eigenvalue weighted by molar-refractivity contribution is 7.16. The Kier molecular flexibility index (Phi) is 4.07. The van der Waals surface area contributed by atoms with Crippen LogP contribution in [0.25, 0.3) is 21.0 Å². The van der Waals surface area contributed by atoms with Gasteiger partial charge in [-0.3, -0.25) is 14.2 Å². The number of hydrogen-bond donors (Lipinski definition) is 0. The minimum atomic E-state index is -0.350. The van der Waals surface area contributed by atoms with Crippen molar-refractivity contribution in [3.63, 3.8) is 0 Å². The Morgan fingerprint density at radius 3 is 2.60 bits per heavy atom. The van der Waals surface area contributed by atoms with Gasteiger partial charge in [0.25, 0.3) is 0 Å². The minimum absolute atomic E-state index is 0.0558. The first-order valence-electron chi connectivity index (χ1n) is 7.98. The van der Waals surface area contributed by atoms with Crippen LogP contribution in [-0.4, -0.2) is 10.5 Å². The van der Waals surface area contributed by atoms with Crippen LogP contribution in [-0.2, 0) is 11.3 Å². The van der Waals surface area contributed by atoms with Gasteiger partial charge in [-0.25, -0.2) is 0 Å². The Morgan fingerprint density at radius 1 is 0.960 bits per heavy atom. The molecule has 0 N–H and O–H groups in total. The van der Waals surface area contributed by atoms with E-state index in [1.54, 1.807) is 10.6 Å². The van der Waals surface area contributed by atoms with E-state index in [0.717, 1.165) is 21.0 Å². The first-order chi connectivity index (χ1) is 12.2. The maximum absolute atomic E-state index is 12.2. The monoisotopic (exact) mass is 349 g/mol. The predicted octanol–water partition coefficient (Wildman–Crippen LogP) is 4.21. The summed E-state index contributed by atoms with van der Waals surface area (Å²) in [6.07, 6.45) is 0.146. The number of hydrogen-bond acceptors (Lipinski definition) is 4. The molecule has 0 aliphatic carbocycles. The van der Waals surface area contributed by atoms with Crippen LogP contribution in [0.1, 0.15) is 6.42 Å². The maximum atomic E-state index is 12.2. The normalized spacial score (nSPS) is 11.0. The van der Waals surface area contributed by atoms with E-state index in [2.05, 4.69) is 0 Å². The Bertz CT molecular complexity index is 1130. The van der Waals surface area contributed by atoms with Gasteiger partial charge in [-0.05, 0) is 35.0 Å². The van der Waals surface area contributed by atoms with Gasteiger partial charge >= 0.3 is 10.8 Å². The lowest BCUT2D eigenvalue weighted by Crippen LogP contribution is -2.17. The molecule has 0 fully saturated rings. The van der Waals surface area contributed by atoms with Crippen LogP contribution in [0.5, 0.6) is 5.75 Å². The van der Waals surface area contributed by atoms with Crippen molar-refractivity contribution < 1.29 is 9.53 Å². The van der Waals surface area contributed by atoms with Crippen molar-refractivity contribution in [1.29, 1.82) is 0 Å². The second kappa shape index (κ2) is 6.53. The molecule has 0 saturated carbocycles. The summed E-state index contributed by atoms with van der Waals surface area (Å²) in [5, 5.41) is 2.12. The number of rotatable bonds is 4. The van der Waals surface area contributed by atoms with E-state index < -0.39 is 0 Å². The molecular formula is C20H15NO3S. The lowest BCUT2D eigenvalue weighted by Gasteiger charge is -2.06. The van der Waals surface area contributed by atoms with Crippen molar-refractivity contribution in [2.45, 2.75) is 13.0 Å². The van der Waals surface area contributed by atoms with Gasteiger partial charge in [-0.1, -0.05) is 53.8 Å². The fourth-order valence-electron chi connectivity index (χ4n) is 2.84. The molecule has 4 aromatic rings. The van der Waals surface area contributed by atoms with Crippen LogP contribution in [0.2, 0.25) is 0 Å². The van der Waals surface area contributed by atoms with Crippen LogP contribution in [0.3, 0.4) is 0 Å². The fraction of sp³-hybridized carbons (Fsp3) is 0.100. The first-order valence-corrected chi connectivity index (χ1v) is 8.80.